The Labute approximate surface area is 114 Å². The third-order valence-corrected chi connectivity index (χ3v) is 3.51. The van der Waals surface area contributed by atoms with Gasteiger partial charge < -0.3 is 6.15 Å². The Morgan fingerprint density at radius 2 is 1.22 bits per heavy atom. The van der Waals surface area contributed by atoms with Crippen LogP contribution < -0.4 is 6.15 Å². The summed E-state index contributed by atoms with van der Waals surface area (Å²) in [5, 5.41) is 3.13. The Morgan fingerprint density at radius 3 is 1.61 bits per heavy atom. The van der Waals surface area contributed by atoms with E-state index in [1.165, 1.54) is 64.2 Å². The SMILES string of the molecule is CCCCCCCCCCCCC(CC)N=O.N. The lowest BCUT2D eigenvalue weighted by Gasteiger charge is -2.05. The maximum absolute atomic E-state index is 10.4. The van der Waals surface area contributed by atoms with E-state index in [0.29, 0.717) is 0 Å². The van der Waals surface area contributed by atoms with Gasteiger partial charge in [-0.15, -0.1) is 0 Å². The molecular formula is C15H34N2O. The lowest BCUT2D eigenvalue weighted by Crippen LogP contribution is -2.00. The van der Waals surface area contributed by atoms with Crippen LogP contribution in [-0.2, 0) is 0 Å². The third kappa shape index (κ3) is 13.6. The summed E-state index contributed by atoms with van der Waals surface area (Å²) in [5.41, 5.74) is 0. The Bertz CT molecular complexity index is 163. The average molecular weight is 258 g/mol. The number of hydrogen-bond donors (Lipinski definition) is 1. The highest BCUT2D eigenvalue weighted by molar-refractivity contribution is 4.62. The number of nitroso groups, excluding NO2 is 1. The van der Waals surface area contributed by atoms with Gasteiger partial charge in [0.2, 0.25) is 0 Å². The topological polar surface area (TPSA) is 64.4 Å². The van der Waals surface area contributed by atoms with Crippen molar-refractivity contribution in [3.05, 3.63) is 4.91 Å². The van der Waals surface area contributed by atoms with E-state index in [4.69, 9.17) is 0 Å². The Morgan fingerprint density at radius 1 is 0.778 bits per heavy atom. The van der Waals surface area contributed by atoms with Crippen LogP contribution in [0.15, 0.2) is 5.18 Å². The molecular weight excluding hydrogens is 224 g/mol. The molecule has 0 fully saturated rings. The van der Waals surface area contributed by atoms with Crippen molar-refractivity contribution < 1.29 is 0 Å². The molecule has 3 N–H and O–H groups in total. The van der Waals surface area contributed by atoms with E-state index in [2.05, 4.69) is 12.1 Å². The highest BCUT2D eigenvalue weighted by Crippen LogP contribution is 2.13. The lowest BCUT2D eigenvalue weighted by molar-refractivity contribution is 0.515. The largest absolute Gasteiger partial charge is 0.344 e. The van der Waals surface area contributed by atoms with Crippen molar-refractivity contribution in [3.63, 3.8) is 0 Å². The minimum Gasteiger partial charge on any atom is -0.344 e. The summed E-state index contributed by atoms with van der Waals surface area (Å²) in [5.74, 6) is 0. The van der Waals surface area contributed by atoms with Crippen LogP contribution >= 0.6 is 0 Å². The number of rotatable bonds is 13. The molecule has 0 aromatic heterocycles. The fourth-order valence-electron chi connectivity index (χ4n) is 2.20. The first kappa shape index (κ1) is 19.9. The van der Waals surface area contributed by atoms with Crippen molar-refractivity contribution in [3.8, 4) is 0 Å². The third-order valence-electron chi connectivity index (χ3n) is 3.51. The summed E-state index contributed by atoms with van der Waals surface area (Å²) in [6, 6.07) is 0.0732. The zero-order chi connectivity index (χ0) is 12.8. The Hall–Kier alpha value is -0.440. The molecule has 18 heavy (non-hydrogen) atoms. The number of hydrogen-bond acceptors (Lipinski definition) is 3. The molecule has 0 aromatic rings. The van der Waals surface area contributed by atoms with E-state index >= 15 is 0 Å². The lowest BCUT2D eigenvalue weighted by atomic mass is 10.0. The normalized spacial score (nSPS) is 11.9. The van der Waals surface area contributed by atoms with Crippen molar-refractivity contribution in [2.45, 2.75) is 96.9 Å². The first-order chi connectivity index (χ1) is 8.35. The molecule has 3 nitrogen and oxygen atoms in total. The molecule has 0 spiro atoms. The Kier molecular flexibility index (Phi) is 18.3. The zero-order valence-corrected chi connectivity index (χ0v) is 12.6. The molecule has 0 aliphatic rings. The number of unbranched alkanes of at least 4 members (excludes halogenated alkanes) is 9. The molecule has 1 atom stereocenters. The maximum Gasteiger partial charge on any atom is 0.0917 e. The van der Waals surface area contributed by atoms with Gasteiger partial charge in [-0.05, 0) is 12.8 Å². The van der Waals surface area contributed by atoms with E-state index < -0.39 is 0 Å². The molecule has 0 aliphatic carbocycles. The van der Waals surface area contributed by atoms with Crippen molar-refractivity contribution in [1.29, 1.82) is 0 Å². The standard InChI is InChI=1S/C15H31NO.H3N/c1-3-5-6-7-8-9-10-11-12-13-14-15(4-2)16-17;/h15H,3-14H2,1-2H3;1H3. The fourth-order valence-corrected chi connectivity index (χ4v) is 2.20. The van der Waals surface area contributed by atoms with Crippen LogP contribution in [0, 0.1) is 4.91 Å². The van der Waals surface area contributed by atoms with Gasteiger partial charge in [0, 0.05) is 0 Å². The van der Waals surface area contributed by atoms with Crippen LogP contribution in [-0.4, -0.2) is 6.04 Å². The summed E-state index contributed by atoms with van der Waals surface area (Å²) in [6.07, 6.45) is 15.4. The fraction of sp³-hybridized carbons (Fsp3) is 1.00. The van der Waals surface area contributed by atoms with Gasteiger partial charge in [-0.3, -0.25) is 0 Å². The predicted octanol–water partition coefficient (Wildman–Crippen LogP) is 6.00. The van der Waals surface area contributed by atoms with E-state index in [1.54, 1.807) is 0 Å². The van der Waals surface area contributed by atoms with Gasteiger partial charge in [0.1, 0.15) is 0 Å². The van der Waals surface area contributed by atoms with Crippen LogP contribution in [0.25, 0.3) is 0 Å². The second-order valence-corrected chi connectivity index (χ2v) is 5.14. The summed E-state index contributed by atoms with van der Waals surface area (Å²) in [6.45, 7) is 4.31. The molecule has 0 radical (unpaired) electrons. The summed E-state index contributed by atoms with van der Waals surface area (Å²) < 4.78 is 0. The molecule has 0 aliphatic heterocycles. The maximum atomic E-state index is 10.4. The van der Waals surface area contributed by atoms with Crippen molar-refractivity contribution >= 4 is 0 Å². The second kappa shape index (κ2) is 16.6. The zero-order valence-electron chi connectivity index (χ0n) is 12.6. The van der Waals surface area contributed by atoms with Gasteiger partial charge in [0.25, 0.3) is 0 Å². The monoisotopic (exact) mass is 258 g/mol. The summed E-state index contributed by atoms with van der Waals surface area (Å²) in [7, 11) is 0. The molecule has 0 amide bonds. The van der Waals surface area contributed by atoms with Gasteiger partial charge in [-0.1, -0.05) is 83.2 Å². The highest BCUT2D eigenvalue weighted by atomic mass is 16.3. The highest BCUT2D eigenvalue weighted by Gasteiger charge is 2.04. The quantitative estimate of drug-likeness (QED) is 0.325. The minimum atomic E-state index is 0. The average Bonchev–Trinajstić information content (AvgIpc) is 2.36. The van der Waals surface area contributed by atoms with Gasteiger partial charge in [0.05, 0.1) is 6.04 Å². The summed E-state index contributed by atoms with van der Waals surface area (Å²) >= 11 is 0. The molecule has 0 saturated carbocycles. The first-order valence-electron chi connectivity index (χ1n) is 7.67. The van der Waals surface area contributed by atoms with Crippen molar-refractivity contribution in [2.24, 2.45) is 5.18 Å². The Balaban J connectivity index is 0. The van der Waals surface area contributed by atoms with Gasteiger partial charge in [0.15, 0.2) is 0 Å². The van der Waals surface area contributed by atoms with Crippen LogP contribution in [0.3, 0.4) is 0 Å². The molecule has 0 rings (SSSR count). The molecule has 3 heteroatoms. The van der Waals surface area contributed by atoms with E-state index in [9.17, 15) is 4.91 Å². The molecule has 0 aromatic carbocycles. The molecule has 0 saturated heterocycles. The second-order valence-electron chi connectivity index (χ2n) is 5.14. The molecule has 0 bridgehead atoms. The van der Waals surface area contributed by atoms with E-state index in [0.717, 1.165) is 12.8 Å². The minimum absolute atomic E-state index is 0. The molecule has 1 unspecified atom stereocenters. The first-order valence-corrected chi connectivity index (χ1v) is 7.67. The molecule has 110 valence electrons. The van der Waals surface area contributed by atoms with Gasteiger partial charge in [-0.25, -0.2) is 0 Å². The van der Waals surface area contributed by atoms with Gasteiger partial charge >= 0.3 is 0 Å². The van der Waals surface area contributed by atoms with Gasteiger partial charge in [-0.2, -0.15) is 4.91 Å². The van der Waals surface area contributed by atoms with Crippen LogP contribution in [0.4, 0.5) is 0 Å². The van der Waals surface area contributed by atoms with Crippen LogP contribution in [0.2, 0.25) is 0 Å². The molecule has 0 heterocycles. The van der Waals surface area contributed by atoms with Crippen molar-refractivity contribution in [2.75, 3.05) is 0 Å². The van der Waals surface area contributed by atoms with E-state index in [-0.39, 0.29) is 12.2 Å². The van der Waals surface area contributed by atoms with Crippen LogP contribution in [0.1, 0.15) is 90.9 Å². The number of nitrogens with zero attached hydrogens (tertiary/aromatic N) is 1. The van der Waals surface area contributed by atoms with Crippen LogP contribution in [0.5, 0.6) is 0 Å². The smallest absolute Gasteiger partial charge is 0.0917 e. The van der Waals surface area contributed by atoms with E-state index in [1.807, 2.05) is 6.92 Å². The predicted molar refractivity (Wildman–Crippen MR) is 81.4 cm³/mol. The summed E-state index contributed by atoms with van der Waals surface area (Å²) in [4.78, 5) is 10.4. The van der Waals surface area contributed by atoms with Crippen molar-refractivity contribution in [1.82, 2.24) is 6.15 Å².